The normalized spacial score (nSPS) is 22.2. The standard InChI is InChI=1S/C22H18F6N2O2/c23-14-8-12(7-13(9-14)22(26,27)28)19(31)29-16-5-1-4-15-17(16)18(30-20(15)32)11-3-2-6-21(24,25)10-11/h1,4-5,7-9,11,18H,2-3,6,10H2,(H,29,31)(H,30,32)/t11-,18+/m1/s1. The molecular weight excluding hydrogens is 438 g/mol. The van der Waals surface area contributed by atoms with E-state index in [1.54, 1.807) is 0 Å². The largest absolute Gasteiger partial charge is 0.416 e. The van der Waals surface area contributed by atoms with E-state index in [1.165, 1.54) is 18.2 Å². The Morgan fingerprint density at radius 3 is 2.59 bits per heavy atom. The maximum atomic E-state index is 14.0. The smallest absolute Gasteiger partial charge is 0.345 e. The number of benzene rings is 2. The van der Waals surface area contributed by atoms with Gasteiger partial charge in [0.25, 0.3) is 11.8 Å². The first-order valence-electron chi connectivity index (χ1n) is 9.95. The molecule has 1 aliphatic carbocycles. The number of anilines is 1. The summed E-state index contributed by atoms with van der Waals surface area (Å²) in [5.74, 6) is -6.18. The maximum Gasteiger partial charge on any atom is 0.416 e. The first-order valence-corrected chi connectivity index (χ1v) is 9.95. The van der Waals surface area contributed by atoms with Crippen LogP contribution in [0.3, 0.4) is 0 Å². The fraction of sp³-hybridized carbons (Fsp3) is 0.364. The number of alkyl halides is 5. The minimum absolute atomic E-state index is 0.0996. The summed E-state index contributed by atoms with van der Waals surface area (Å²) in [6.45, 7) is 0. The monoisotopic (exact) mass is 456 g/mol. The van der Waals surface area contributed by atoms with Crippen LogP contribution in [0.2, 0.25) is 0 Å². The zero-order valence-electron chi connectivity index (χ0n) is 16.5. The van der Waals surface area contributed by atoms with Crippen LogP contribution in [0.25, 0.3) is 0 Å². The Hall–Kier alpha value is -3.04. The minimum atomic E-state index is -4.85. The predicted molar refractivity (Wildman–Crippen MR) is 103 cm³/mol. The lowest BCUT2D eigenvalue weighted by Gasteiger charge is -2.33. The zero-order valence-corrected chi connectivity index (χ0v) is 16.5. The molecule has 2 N–H and O–H groups in total. The van der Waals surface area contributed by atoms with Crippen molar-refractivity contribution in [1.29, 1.82) is 0 Å². The van der Waals surface area contributed by atoms with Crippen molar-refractivity contribution in [3.63, 3.8) is 0 Å². The maximum absolute atomic E-state index is 14.0. The van der Waals surface area contributed by atoms with Crippen molar-refractivity contribution in [3.05, 3.63) is 64.5 Å². The van der Waals surface area contributed by atoms with Crippen LogP contribution < -0.4 is 10.6 Å². The molecule has 0 spiro atoms. The Kier molecular flexibility index (Phi) is 5.42. The summed E-state index contributed by atoms with van der Waals surface area (Å²) in [6.07, 6.45) is -4.80. The van der Waals surface area contributed by atoms with Crippen LogP contribution in [0.1, 0.15) is 63.6 Å². The quantitative estimate of drug-likeness (QED) is 0.582. The third-order valence-corrected chi connectivity index (χ3v) is 5.83. The van der Waals surface area contributed by atoms with E-state index in [9.17, 15) is 35.9 Å². The molecule has 0 bridgehead atoms. The van der Waals surface area contributed by atoms with Gasteiger partial charge in [0.1, 0.15) is 5.82 Å². The molecule has 4 rings (SSSR count). The number of halogens is 6. The van der Waals surface area contributed by atoms with Crippen LogP contribution in [0, 0.1) is 11.7 Å². The third kappa shape index (κ3) is 4.31. The van der Waals surface area contributed by atoms with Crippen molar-refractivity contribution in [3.8, 4) is 0 Å². The van der Waals surface area contributed by atoms with Crippen molar-refractivity contribution in [2.45, 2.75) is 43.8 Å². The molecule has 0 aromatic heterocycles. The van der Waals surface area contributed by atoms with Crippen LogP contribution in [-0.4, -0.2) is 17.7 Å². The van der Waals surface area contributed by atoms with Gasteiger partial charge in [-0.15, -0.1) is 0 Å². The molecule has 1 heterocycles. The molecule has 32 heavy (non-hydrogen) atoms. The molecule has 2 amide bonds. The third-order valence-electron chi connectivity index (χ3n) is 5.83. The van der Waals surface area contributed by atoms with Crippen molar-refractivity contribution >= 4 is 17.5 Å². The van der Waals surface area contributed by atoms with Gasteiger partial charge in [0, 0.05) is 35.2 Å². The number of fused-ring (bicyclic) bond motifs is 1. The molecule has 10 heteroatoms. The Balaban J connectivity index is 1.66. The number of hydrogen-bond donors (Lipinski definition) is 2. The molecule has 170 valence electrons. The molecule has 1 saturated carbocycles. The highest BCUT2D eigenvalue weighted by Crippen LogP contribution is 2.46. The van der Waals surface area contributed by atoms with E-state index in [0.717, 1.165) is 0 Å². The van der Waals surface area contributed by atoms with Gasteiger partial charge in [0.15, 0.2) is 0 Å². The SMILES string of the molecule is O=C(Nc1cccc2c1[C@H]([C@@H]1CCCC(F)(F)C1)NC2=O)c1cc(F)cc(C(F)(F)F)c1. The number of rotatable bonds is 3. The highest BCUT2D eigenvalue weighted by molar-refractivity contribution is 6.07. The highest BCUT2D eigenvalue weighted by Gasteiger charge is 2.44. The lowest BCUT2D eigenvalue weighted by molar-refractivity contribution is -0.137. The van der Waals surface area contributed by atoms with Crippen LogP contribution in [0.5, 0.6) is 0 Å². The predicted octanol–water partition coefficient (Wildman–Crippen LogP) is 5.71. The minimum Gasteiger partial charge on any atom is -0.345 e. The van der Waals surface area contributed by atoms with Gasteiger partial charge >= 0.3 is 6.18 Å². The topological polar surface area (TPSA) is 58.2 Å². The number of amides is 2. The Labute approximate surface area is 179 Å². The van der Waals surface area contributed by atoms with E-state index in [4.69, 9.17) is 0 Å². The second kappa shape index (κ2) is 7.83. The number of carbonyl (C=O) groups excluding carboxylic acids is 2. The lowest BCUT2D eigenvalue weighted by atomic mass is 9.79. The molecule has 1 aliphatic heterocycles. The summed E-state index contributed by atoms with van der Waals surface area (Å²) in [6, 6.07) is 5.04. The second-order valence-electron chi connectivity index (χ2n) is 8.11. The molecule has 1 fully saturated rings. The molecule has 0 radical (unpaired) electrons. The van der Waals surface area contributed by atoms with Gasteiger partial charge in [-0.05, 0) is 49.1 Å². The Bertz CT molecular complexity index is 1080. The molecule has 0 saturated heterocycles. The van der Waals surface area contributed by atoms with E-state index >= 15 is 0 Å². The summed E-state index contributed by atoms with van der Waals surface area (Å²) < 4.78 is 80.6. The van der Waals surface area contributed by atoms with Gasteiger partial charge in [-0.2, -0.15) is 13.2 Å². The highest BCUT2D eigenvalue weighted by atomic mass is 19.4. The van der Waals surface area contributed by atoms with Crippen LogP contribution in [0.15, 0.2) is 36.4 Å². The average molecular weight is 456 g/mol. The summed E-state index contributed by atoms with van der Waals surface area (Å²) >= 11 is 0. The molecular formula is C22H18F6N2O2. The van der Waals surface area contributed by atoms with Gasteiger partial charge in [-0.1, -0.05) is 6.07 Å². The summed E-state index contributed by atoms with van der Waals surface area (Å²) in [7, 11) is 0. The van der Waals surface area contributed by atoms with Crippen molar-refractivity contribution in [2.75, 3.05) is 5.32 Å². The first kappa shape index (κ1) is 22.2. The number of carbonyl (C=O) groups is 2. The van der Waals surface area contributed by atoms with Gasteiger partial charge in [0.2, 0.25) is 5.92 Å². The summed E-state index contributed by atoms with van der Waals surface area (Å²) in [5, 5.41) is 5.11. The number of hydrogen-bond acceptors (Lipinski definition) is 2. The first-order chi connectivity index (χ1) is 14.9. The summed E-state index contributed by atoms with van der Waals surface area (Å²) in [4.78, 5) is 25.0. The van der Waals surface area contributed by atoms with Gasteiger partial charge in [0.05, 0.1) is 11.6 Å². The Morgan fingerprint density at radius 2 is 1.91 bits per heavy atom. The lowest BCUT2D eigenvalue weighted by Crippen LogP contribution is -2.34. The number of nitrogens with one attached hydrogen (secondary N) is 2. The van der Waals surface area contributed by atoms with E-state index in [-0.39, 0.29) is 30.2 Å². The average Bonchev–Trinajstić information content (AvgIpc) is 3.04. The van der Waals surface area contributed by atoms with Crippen molar-refractivity contribution < 1.29 is 35.9 Å². The van der Waals surface area contributed by atoms with E-state index in [1.807, 2.05) is 0 Å². The fourth-order valence-corrected chi connectivity index (χ4v) is 4.43. The van der Waals surface area contributed by atoms with Crippen LogP contribution in [-0.2, 0) is 6.18 Å². The molecule has 2 aromatic carbocycles. The molecule has 2 atom stereocenters. The molecule has 4 nitrogen and oxygen atoms in total. The van der Waals surface area contributed by atoms with Crippen molar-refractivity contribution in [2.24, 2.45) is 5.92 Å². The second-order valence-corrected chi connectivity index (χ2v) is 8.11. The van der Waals surface area contributed by atoms with E-state index in [2.05, 4.69) is 10.6 Å². The molecule has 2 aromatic rings. The van der Waals surface area contributed by atoms with Gasteiger partial charge in [-0.3, -0.25) is 9.59 Å². The molecule has 0 unspecified atom stereocenters. The van der Waals surface area contributed by atoms with Crippen LogP contribution >= 0.6 is 0 Å². The zero-order chi connectivity index (χ0) is 23.3. The van der Waals surface area contributed by atoms with Crippen molar-refractivity contribution in [1.82, 2.24) is 5.32 Å². The van der Waals surface area contributed by atoms with Crippen LogP contribution in [0.4, 0.5) is 32.0 Å². The van der Waals surface area contributed by atoms with E-state index < -0.39 is 59.2 Å². The molecule has 2 aliphatic rings. The van der Waals surface area contributed by atoms with E-state index in [0.29, 0.717) is 24.1 Å². The summed E-state index contributed by atoms with van der Waals surface area (Å²) in [5.41, 5.74) is -1.28. The van der Waals surface area contributed by atoms with Gasteiger partial charge in [-0.25, -0.2) is 13.2 Å². The fourth-order valence-electron chi connectivity index (χ4n) is 4.43. The Morgan fingerprint density at radius 1 is 1.16 bits per heavy atom. The van der Waals surface area contributed by atoms with Gasteiger partial charge < -0.3 is 10.6 Å².